The lowest BCUT2D eigenvalue weighted by atomic mass is 10.3. The fourth-order valence-electron chi connectivity index (χ4n) is 0.974. The lowest BCUT2D eigenvalue weighted by Crippen LogP contribution is -2.02. The molecule has 0 aliphatic carbocycles. The van der Waals surface area contributed by atoms with Crippen molar-refractivity contribution in [1.29, 1.82) is 0 Å². The quantitative estimate of drug-likeness (QED) is 0.352. The molecule has 0 saturated carbocycles. The number of anilines is 1. The smallest absolute Gasteiger partial charge is 0.324 e. The molecule has 6 heteroatoms. The lowest BCUT2D eigenvalue weighted by Gasteiger charge is -2.02. The number of carbonyl (C=O) groups is 1. The molecule has 16 heavy (non-hydrogen) atoms. The van der Waals surface area contributed by atoms with Gasteiger partial charge in [-0.2, -0.15) is 0 Å². The van der Waals surface area contributed by atoms with E-state index in [1.165, 1.54) is 0 Å². The molecule has 0 saturated heterocycles. The summed E-state index contributed by atoms with van der Waals surface area (Å²) in [6.07, 6.45) is 1.21. The SMILES string of the molecule is COc1ccc(N/C=C(\C=O)[N+](=O)[O-])cc1. The summed E-state index contributed by atoms with van der Waals surface area (Å²) in [5.74, 6) is 0.680. The second-order valence-electron chi connectivity index (χ2n) is 2.82. The number of carbonyl (C=O) groups excluding carboxylic acids is 1. The van der Waals surface area contributed by atoms with Gasteiger partial charge in [-0.05, 0) is 24.3 Å². The monoisotopic (exact) mass is 222 g/mol. The molecule has 0 aliphatic rings. The first-order valence-corrected chi connectivity index (χ1v) is 4.37. The van der Waals surface area contributed by atoms with Crippen LogP contribution in [-0.2, 0) is 4.79 Å². The van der Waals surface area contributed by atoms with Gasteiger partial charge in [0.1, 0.15) is 5.75 Å². The molecule has 84 valence electrons. The molecule has 1 rings (SSSR count). The highest BCUT2D eigenvalue weighted by Crippen LogP contribution is 2.15. The zero-order valence-corrected chi connectivity index (χ0v) is 8.54. The molecule has 1 aromatic carbocycles. The van der Waals surface area contributed by atoms with Crippen LogP contribution in [0.15, 0.2) is 36.2 Å². The van der Waals surface area contributed by atoms with Crippen LogP contribution in [0.5, 0.6) is 5.75 Å². The van der Waals surface area contributed by atoms with Gasteiger partial charge in [0.25, 0.3) is 0 Å². The van der Waals surface area contributed by atoms with Gasteiger partial charge < -0.3 is 10.1 Å². The Labute approximate surface area is 91.7 Å². The van der Waals surface area contributed by atoms with E-state index in [2.05, 4.69) is 5.32 Å². The van der Waals surface area contributed by atoms with Crippen LogP contribution in [0.2, 0.25) is 0 Å². The zero-order chi connectivity index (χ0) is 12.0. The Balaban J connectivity index is 2.73. The molecule has 1 N–H and O–H groups in total. The standard InChI is InChI=1S/C10H10N2O4/c1-16-10-4-2-8(3-5-10)11-6-9(7-13)12(14)15/h2-7,11H,1H3/b9-6+. The molecule has 0 fully saturated rings. The minimum Gasteiger partial charge on any atom is -0.497 e. The van der Waals surface area contributed by atoms with E-state index in [1.54, 1.807) is 31.4 Å². The van der Waals surface area contributed by atoms with Gasteiger partial charge >= 0.3 is 5.70 Å². The van der Waals surface area contributed by atoms with Gasteiger partial charge in [-0.1, -0.05) is 0 Å². The number of hydrogen-bond donors (Lipinski definition) is 1. The van der Waals surface area contributed by atoms with E-state index in [9.17, 15) is 14.9 Å². The summed E-state index contributed by atoms with van der Waals surface area (Å²) in [4.78, 5) is 19.8. The van der Waals surface area contributed by atoms with Crippen molar-refractivity contribution in [2.45, 2.75) is 0 Å². The third kappa shape index (κ3) is 3.09. The first-order chi connectivity index (χ1) is 7.67. The van der Waals surface area contributed by atoms with E-state index in [-0.39, 0.29) is 6.29 Å². The molecule has 0 aromatic heterocycles. The third-order valence-electron chi connectivity index (χ3n) is 1.81. The Hall–Kier alpha value is -2.37. The number of allylic oxidation sites excluding steroid dienone is 1. The van der Waals surface area contributed by atoms with Crippen molar-refractivity contribution in [2.75, 3.05) is 12.4 Å². The van der Waals surface area contributed by atoms with Crippen LogP contribution in [0.25, 0.3) is 0 Å². The fraction of sp³-hybridized carbons (Fsp3) is 0.100. The molecule has 0 aliphatic heterocycles. The van der Waals surface area contributed by atoms with Gasteiger partial charge in [-0.3, -0.25) is 14.9 Å². The number of nitrogens with zero attached hydrogens (tertiary/aromatic N) is 1. The number of aldehydes is 1. The van der Waals surface area contributed by atoms with E-state index in [1.807, 2.05) is 0 Å². The van der Waals surface area contributed by atoms with Crippen LogP contribution >= 0.6 is 0 Å². The average Bonchev–Trinajstić information content (AvgIpc) is 2.30. The van der Waals surface area contributed by atoms with E-state index in [0.717, 1.165) is 6.20 Å². The summed E-state index contributed by atoms with van der Waals surface area (Å²) in [5, 5.41) is 12.9. The molecule has 1 aromatic rings. The summed E-state index contributed by atoms with van der Waals surface area (Å²) in [5.41, 5.74) is 0.0952. The van der Waals surface area contributed by atoms with Gasteiger partial charge in [0, 0.05) is 5.69 Å². The van der Waals surface area contributed by atoms with E-state index in [0.29, 0.717) is 11.4 Å². The molecule has 6 nitrogen and oxygen atoms in total. The number of nitro groups is 1. The normalized spacial score (nSPS) is 10.7. The molecule has 0 spiro atoms. The number of hydrogen-bond acceptors (Lipinski definition) is 5. The molecule has 0 bridgehead atoms. The van der Waals surface area contributed by atoms with Crippen molar-refractivity contribution in [3.8, 4) is 5.75 Å². The largest absolute Gasteiger partial charge is 0.497 e. The fourth-order valence-corrected chi connectivity index (χ4v) is 0.974. The minimum absolute atomic E-state index is 0.177. The van der Waals surface area contributed by atoms with Crippen LogP contribution in [0.3, 0.4) is 0 Å². The summed E-state index contributed by atoms with van der Waals surface area (Å²) in [7, 11) is 1.54. The molecule has 0 heterocycles. The molecule has 0 atom stereocenters. The third-order valence-corrected chi connectivity index (χ3v) is 1.81. The van der Waals surface area contributed by atoms with Crippen molar-refractivity contribution >= 4 is 12.0 Å². The Morgan fingerprint density at radius 2 is 2.06 bits per heavy atom. The maximum absolute atomic E-state index is 10.3. The van der Waals surface area contributed by atoms with E-state index >= 15 is 0 Å². The minimum atomic E-state index is -0.760. The highest BCUT2D eigenvalue weighted by molar-refractivity contribution is 5.70. The highest BCUT2D eigenvalue weighted by atomic mass is 16.6. The Bertz CT molecular complexity index is 411. The van der Waals surface area contributed by atoms with Crippen LogP contribution in [0.1, 0.15) is 0 Å². The maximum atomic E-state index is 10.3. The maximum Gasteiger partial charge on any atom is 0.324 e. The van der Waals surface area contributed by atoms with Crippen molar-refractivity contribution in [1.82, 2.24) is 0 Å². The van der Waals surface area contributed by atoms with Crippen molar-refractivity contribution in [2.24, 2.45) is 0 Å². The topological polar surface area (TPSA) is 81.5 Å². The van der Waals surface area contributed by atoms with Gasteiger partial charge in [0.15, 0.2) is 0 Å². The second kappa shape index (κ2) is 5.50. The van der Waals surface area contributed by atoms with E-state index in [4.69, 9.17) is 4.74 Å². The van der Waals surface area contributed by atoms with Crippen molar-refractivity contribution < 1.29 is 14.5 Å². The van der Waals surface area contributed by atoms with Gasteiger partial charge in [-0.25, -0.2) is 0 Å². The number of rotatable bonds is 5. The predicted octanol–water partition coefficient (Wildman–Crippen LogP) is 1.42. The lowest BCUT2D eigenvalue weighted by molar-refractivity contribution is -0.417. The Morgan fingerprint density at radius 1 is 1.44 bits per heavy atom. The Morgan fingerprint density at radius 3 is 2.50 bits per heavy atom. The zero-order valence-electron chi connectivity index (χ0n) is 8.54. The van der Waals surface area contributed by atoms with Crippen LogP contribution in [0, 0.1) is 10.1 Å². The molecule has 0 radical (unpaired) electrons. The molecule has 0 amide bonds. The van der Waals surface area contributed by atoms with Crippen LogP contribution in [0.4, 0.5) is 5.69 Å². The predicted molar refractivity (Wildman–Crippen MR) is 57.8 cm³/mol. The number of methoxy groups -OCH3 is 1. The summed E-state index contributed by atoms with van der Waals surface area (Å²) >= 11 is 0. The van der Waals surface area contributed by atoms with Gasteiger partial charge in [0.2, 0.25) is 6.29 Å². The summed E-state index contributed by atoms with van der Waals surface area (Å²) < 4.78 is 4.95. The molecule has 0 unspecified atom stereocenters. The van der Waals surface area contributed by atoms with Crippen molar-refractivity contribution in [3.63, 3.8) is 0 Å². The average molecular weight is 222 g/mol. The van der Waals surface area contributed by atoms with Gasteiger partial charge in [0.05, 0.1) is 18.2 Å². The summed E-state index contributed by atoms with van der Waals surface area (Å²) in [6.45, 7) is 0. The van der Waals surface area contributed by atoms with Gasteiger partial charge in [-0.15, -0.1) is 0 Å². The summed E-state index contributed by atoms with van der Waals surface area (Å²) in [6, 6.07) is 6.75. The molecular formula is C10H10N2O4. The number of benzene rings is 1. The number of nitrogens with one attached hydrogen (secondary N) is 1. The van der Waals surface area contributed by atoms with Crippen LogP contribution < -0.4 is 10.1 Å². The van der Waals surface area contributed by atoms with Crippen molar-refractivity contribution in [3.05, 3.63) is 46.3 Å². The molecular weight excluding hydrogens is 212 g/mol. The first-order valence-electron chi connectivity index (χ1n) is 4.37. The second-order valence-corrected chi connectivity index (χ2v) is 2.82. The van der Waals surface area contributed by atoms with Crippen LogP contribution in [-0.4, -0.2) is 18.3 Å². The van der Waals surface area contributed by atoms with E-state index < -0.39 is 10.6 Å². The highest BCUT2D eigenvalue weighted by Gasteiger charge is 2.07. The first kappa shape index (κ1) is 11.7. The number of ether oxygens (including phenoxy) is 1. The Kier molecular flexibility index (Phi) is 4.02.